The average molecular weight is 345 g/mol. The number of hydrogen-bond donors (Lipinski definition) is 0. The minimum Gasteiger partial charge on any atom is -0.338 e. The quantitative estimate of drug-likeness (QED) is 0.797. The summed E-state index contributed by atoms with van der Waals surface area (Å²) >= 11 is 0. The molecule has 1 amide bonds. The Kier molecular flexibility index (Phi) is 4.61. The van der Waals surface area contributed by atoms with Gasteiger partial charge < -0.3 is 4.90 Å². The van der Waals surface area contributed by atoms with Gasteiger partial charge in [-0.15, -0.1) is 0 Å². The molecule has 3 aliphatic rings. The summed E-state index contributed by atoms with van der Waals surface area (Å²) in [5, 5.41) is 4.51. The van der Waals surface area contributed by atoms with E-state index >= 15 is 0 Å². The molecule has 0 unspecified atom stereocenters. The Morgan fingerprint density at radius 3 is 2.64 bits per heavy atom. The molecule has 0 aromatic carbocycles. The molecule has 1 aromatic heterocycles. The molecular weight excluding hydrogens is 312 g/mol. The number of carbonyl (C=O) groups excluding carboxylic acids is 1. The van der Waals surface area contributed by atoms with Gasteiger partial charge in [0, 0.05) is 62.9 Å². The smallest absolute Gasteiger partial charge is 0.224 e. The van der Waals surface area contributed by atoms with Gasteiger partial charge >= 0.3 is 0 Å². The van der Waals surface area contributed by atoms with Crippen LogP contribution in [-0.4, -0.2) is 51.2 Å². The number of carbonyl (C=O) groups is 1. The Hall–Kier alpha value is -1.36. The Morgan fingerprint density at radius 1 is 1.24 bits per heavy atom. The van der Waals surface area contributed by atoms with Crippen LogP contribution in [0.1, 0.15) is 63.1 Å². The lowest BCUT2D eigenvalue weighted by Crippen LogP contribution is -2.47. The standard InChI is InChI=1S/C20H32N4O/c1-14(2)18-13-23(9-8-19(25)24(18)11-15-4-5-15)12-17-10-21-22(3)20(17)16-6-7-16/h10,14-16,18H,4-9,11-13H2,1-3H3/t18-/m0/s1. The van der Waals surface area contributed by atoms with Crippen molar-refractivity contribution in [3.63, 3.8) is 0 Å². The average Bonchev–Trinajstić information content (AvgIpc) is 3.47. The lowest BCUT2D eigenvalue weighted by molar-refractivity contribution is -0.133. The summed E-state index contributed by atoms with van der Waals surface area (Å²) in [5.74, 6) is 2.33. The van der Waals surface area contributed by atoms with Crippen LogP contribution in [0.4, 0.5) is 0 Å². The fourth-order valence-corrected chi connectivity index (χ4v) is 4.31. The lowest BCUT2D eigenvalue weighted by atomic mass is 10.0. The van der Waals surface area contributed by atoms with Crippen LogP contribution in [0.3, 0.4) is 0 Å². The second-order valence-corrected chi connectivity index (χ2v) is 8.74. The van der Waals surface area contributed by atoms with Crippen molar-refractivity contribution < 1.29 is 4.79 Å². The highest BCUT2D eigenvalue weighted by atomic mass is 16.2. The van der Waals surface area contributed by atoms with Crippen molar-refractivity contribution in [2.24, 2.45) is 18.9 Å². The molecule has 2 saturated carbocycles. The summed E-state index contributed by atoms with van der Waals surface area (Å²) in [6.07, 6.45) is 7.92. The van der Waals surface area contributed by atoms with Crippen LogP contribution in [0, 0.1) is 11.8 Å². The van der Waals surface area contributed by atoms with Crippen LogP contribution < -0.4 is 0 Å². The molecule has 5 nitrogen and oxygen atoms in total. The van der Waals surface area contributed by atoms with Gasteiger partial charge in [-0.3, -0.25) is 14.4 Å². The highest BCUT2D eigenvalue weighted by molar-refractivity contribution is 5.77. The Bertz CT molecular complexity index is 630. The molecule has 25 heavy (non-hydrogen) atoms. The summed E-state index contributed by atoms with van der Waals surface area (Å²) in [6, 6.07) is 0.344. The van der Waals surface area contributed by atoms with Gasteiger partial charge in [-0.1, -0.05) is 13.8 Å². The number of hydrogen-bond acceptors (Lipinski definition) is 3. The van der Waals surface area contributed by atoms with E-state index < -0.39 is 0 Å². The molecule has 2 heterocycles. The van der Waals surface area contributed by atoms with Crippen molar-refractivity contribution in [1.29, 1.82) is 0 Å². The monoisotopic (exact) mass is 344 g/mol. The van der Waals surface area contributed by atoms with Crippen LogP contribution in [0.5, 0.6) is 0 Å². The summed E-state index contributed by atoms with van der Waals surface area (Å²) in [5.41, 5.74) is 2.79. The van der Waals surface area contributed by atoms with Gasteiger partial charge in [-0.05, 0) is 37.5 Å². The van der Waals surface area contributed by atoms with Crippen molar-refractivity contribution in [2.45, 2.75) is 64.5 Å². The van der Waals surface area contributed by atoms with Gasteiger partial charge in [0.05, 0.1) is 6.20 Å². The number of aryl methyl sites for hydroxylation is 1. The van der Waals surface area contributed by atoms with Crippen molar-refractivity contribution in [2.75, 3.05) is 19.6 Å². The number of aromatic nitrogens is 2. The minimum atomic E-state index is 0.344. The highest BCUT2D eigenvalue weighted by Gasteiger charge is 2.36. The molecule has 1 aromatic rings. The molecule has 1 saturated heterocycles. The molecule has 3 fully saturated rings. The Morgan fingerprint density at radius 2 is 2.00 bits per heavy atom. The van der Waals surface area contributed by atoms with E-state index in [1.54, 1.807) is 0 Å². The third-order valence-corrected chi connectivity index (χ3v) is 6.15. The molecule has 0 bridgehead atoms. The van der Waals surface area contributed by atoms with E-state index in [1.165, 1.54) is 36.9 Å². The minimum absolute atomic E-state index is 0.344. The predicted molar refractivity (Wildman–Crippen MR) is 98.1 cm³/mol. The van der Waals surface area contributed by atoms with Crippen molar-refractivity contribution in [3.05, 3.63) is 17.5 Å². The van der Waals surface area contributed by atoms with Crippen LogP contribution in [0.15, 0.2) is 6.20 Å². The first-order chi connectivity index (χ1) is 12.0. The van der Waals surface area contributed by atoms with E-state index in [0.717, 1.165) is 32.1 Å². The number of rotatable bonds is 6. The first-order valence-electron chi connectivity index (χ1n) is 10.1. The zero-order chi connectivity index (χ0) is 17.6. The maximum absolute atomic E-state index is 12.8. The third-order valence-electron chi connectivity index (χ3n) is 6.15. The predicted octanol–water partition coefficient (Wildman–Crippen LogP) is 2.77. The fourth-order valence-electron chi connectivity index (χ4n) is 4.31. The molecule has 0 spiro atoms. The number of amides is 1. The second kappa shape index (κ2) is 6.75. The summed E-state index contributed by atoms with van der Waals surface area (Å²) in [4.78, 5) is 17.5. The Balaban J connectivity index is 1.49. The molecule has 138 valence electrons. The summed E-state index contributed by atoms with van der Waals surface area (Å²) in [7, 11) is 2.07. The Labute approximate surface area is 151 Å². The molecule has 1 atom stereocenters. The van der Waals surface area contributed by atoms with Gasteiger partial charge in [0.25, 0.3) is 0 Å². The topological polar surface area (TPSA) is 41.4 Å². The van der Waals surface area contributed by atoms with Gasteiger partial charge in [0.15, 0.2) is 0 Å². The third kappa shape index (κ3) is 3.76. The zero-order valence-corrected chi connectivity index (χ0v) is 15.9. The van der Waals surface area contributed by atoms with Gasteiger partial charge in [-0.25, -0.2) is 0 Å². The van der Waals surface area contributed by atoms with Gasteiger partial charge in [-0.2, -0.15) is 5.10 Å². The molecule has 1 aliphatic heterocycles. The van der Waals surface area contributed by atoms with E-state index in [4.69, 9.17) is 0 Å². The summed E-state index contributed by atoms with van der Waals surface area (Å²) < 4.78 is 2.06. The first-order valence-corrected chi connectivity index (χ1v) is 10.1. The second-order valence-electron chi connectivity index (χ2n) is 8.74. The maximum Gasteiger partial charge on any atom is 0.224 e. The van der Waals surface area contributed by atoms with Crippen LogP contribution in [0.25, 0.3) is 0 Å². The van der Waals surface area contributed by atoms with Crippen LogP contribution in [0.2, 0.25) is 0 Å². The molecule has 0 N–H and O–H groups in total. The zero-order valence-electron chi connectivity index (χ0n) is 15.9. The van der Waals surface area contributed by atoms with Crippen LogP contribution in [-0.2, 0) is 18.4 Å². The van der Waals surface area contributed by atoms with Crippen molar-refractivity contribution in [3.8, 4) is 0 Å². The van der Waals surface area contributed by atoms with Gasteiger partial charge in [0.2, 0.25) is 5.91 Å². The van der Waals surface area contributed by atoms with Crippen LogP contribution >= 0.6 is 0 Å². The molecular formula is C20H32N4O. The highest BCUT2D eigenvalue weighted by Crippen LogP contribution is 2.41. The normalized spacial score (nSPS) is 25.7. The SMILES string of the molecule is CC(C)[C@@H]1CN(Cc2cnn(C)c2C2CC2)CCC(=O)N1CC1CC1. The molecule has 2 aliphatic carbocycles. The summed E-state index contributed by atoms with van der Waals surface area (Å²) in [6.45, 7) is 8.32. The van der Waals surface area contributed by atoms with Crippen molar-refractivity contribution >= 4 is 5.91 Å². The molecule has 4 rings (SSSR count). The lowest BCUT2D eigenvalue weighted by Gasteiger charge is -2.35. The fraction of sp³-hybridized carbons (Fsp3) is 0.800. The van der Waals surface area contributed by atoms with E-state index in [9.17, 15) is 4.79 Å². The van der Waals surface area contributed by atoms with E-state index in [2.05, 4.69) is 40.5 Å². The van der Waals surface area contributed by atoms with Crippen molar-refractivity contribution in [1.82, 2.24) is 19.6 Å². The van der Waals surface area contributed by atoms with E-state index in [-0.39, 0.29) is 0 Å². The molecule has 0 radical (unpaired) electrons. The van der Waals surface area contributed by atoms with Gasteiger partial charge in [0.1, 0.15) is 0 Å². The van der Waals surface area contributed by atoms with E-state index in [1.807, 2.05) is 6.20 Å². The number of nitrogens with zero attached hydrogens (tertiary/aromatic N) is 4. The largest absolute Gasteiger partial charge is 0.338 e. The van der Waals surface area contributed by atoms with E-state index in [0.29, 0.717) is 30.2 Å². The maximum atomic E-state index is 12.8. The first kappa shape index (κ1) is 17.1. The molecule has 5 heteroatoms.